The van der Waals surface area contributed by atoms with E-state index in [1.807, 2.05) is 60.7 Å². The monoisotopic (exact) mass is 490 g/mol. The summed E-state index contributed by atoms with van der Waals surface area (Å²) in [5, 5.41) is 3.18. The Bertz CT molecular complexity index is 1100. The Kier molecular flexibility index (Phi) is 8.96. The zero-order valence-electron chi connectivity index (χ0n) is 19.7. The number of carbonyl (C=O) groups is 2. The number of rotatable bonds is 10. The third-order valence-electron chi connectivity index (χ3n) is 6.38. The summed E-state index contributed by atoms with van der Waals surface area (Å²) in [6.45, 7) is 0.0381. The van der Waals surface area contributed by atoms with Crippen molar-refractivity contribution in [1.82, 2.24) is 10.2 Å². The van der Waals surface area contributed by atoms with Crippen LogP contribution >= 0.6 is 11.8 Å². The summed E-state index contributed by atoms with van der Waals surface area (Å²) in [7, 11) is 0. The van der Waals surface area contributed by atoms with Gasteiger partial charge in [-0.3, -0.25) is 9.59 Å². The summed E-state index contributed by atoms with van der Waals surface area (Å²) in [5.74, 6) is -0.573. The largest absolute Gasteiger partial charge is 0.352 e. The fourth-order valence-electron chi connectivity index (χ4n) is 4.48. The van der Waals surface area contributed by atoms with E-state index in [1.54, 1.807) is 23.1 Å². The van der Waals surface area contributed by atoms with Gasteiger partial charge in [0.05, 0.1) is 5.75 Å². The van der Waals surface area contributed by atoms with Gasteiger partial charge in [-0.25, -0.2) is 4.39 Å². The molecular weight excluding hydrogens is 459 g/mol. The van der Waals surface area contributed by atoms with Gasteiger partial charge in [-0.15, -0.1) is 11.8 Å². The van der Waals surface area contributed by atoms with Gasteiger partial charge in [0.1, 0.15) is 11.9 Å². The molecule has 3 aromatic rings. The van der Waals surface area contributed by atoms with Gasteiger partial charge < -0.3 is 10.2 Å². The van der Waals surface area contributed by atoms with Crippen LogP contribution in [0.2, 0.25) is 0 Å². The third-order valence-corrected chi connectivity index (χ3v) is 7.37. The first kappa shape index (κ1) is 25.0. The quantitative estimate of drug-likeness (QED) is 0.376. The van der Waals surface area contributed by atoms with Crippen molar-refractivity contribution in [2.24, 2.45) is 0 Å². The van der Waals surface area contributed by atoms with Crippen LogP contribution in [0.25, 0.3) is 0 Å². The lowest BCUT2D eigenvalue weighted by Crippen LogP contribution is -2.52. The number of hydrogen-bond donors (Lipinski definition) is 1. The lowest BCUT2D eigenvalue weighted by atomic mass is 10.0. The van der Waals surface area contributed by atoms with Crippen LogP contribution in [-0.2, 0) is 22.6 Å². The SMILES string of the molecule is O=C(NC1CCCC1)[C@@H](Cc1ccccc1)N(Cc1ccccc1F)C(=O)CSc1ccccc1. The summed E-state index contributed by atoms with van der Waals surface area (Å²) in [6.07, 6.45) is 4.47. The maximum absolute atomic E-state index is 14.6. The van der Waals surface area contributed by atoms with E-state index in [4.69, 9.17) is 0 Å². The Labute approximate surface area is 210 Å². The number of nitrogens with zero attached hydrogens (tertiary/aromatic N) is 1. The molecule has 0 aliphatic heterocycles. The molecular formula is C29H31FN2O2S. The number of amides is 2. The predicted octanol–water partition coefficient (Wildman–Crippen LogP) is 5.62. The predicted molar refractivity (Wildman–Crippen MR) is 138 cm³/mol. The molecule has 0 unspecified atom stereocenters. The molecule has 2 amide bonds. The van der Waals surface area contributed by atoms with E-state index < -0.39 is 6.04 Å². The van der Waals surface area contributed by atoms with Gasteiger partial charge >= 0.3 is 0 Å². The van der Waals surface area contributed by atoms with Crippen LogP contribution in [-0.4, -0.2) is 34.6 Å². The topological polar surface area (TPSA) is 49.4 Å². The minimum atomic E-state index is -0.735. The standard InChI is InChI=1S/C29H31FN2O2S/c30-26-18-10-7-13-23(26)20-32(28(33)21-35-25-16-5-2-6-17-25)27(19-22-11-3-1-4-12-22)29(34)31-24-14-8-9-15-24/h1-7,10-13,16-18,24,27H,8-9,14-15,19-21H2,(H,31,34)/t27-/m1/s1. The molecule has 1 atom stereocenters. The number of benzene rings is 3. The van der Waals surface area contributed by atoms with E-state index in [9.17, 15) is 14.0 Å². The lowest BCUT2D eigenvalue weighted by molar-refractivity contribution is -0.139. The van der Waals surface area contributed by atoms with Gasteiger partial charge in [-0.2, -0.15) is 0 Å². The summed E-state index contributed by atoms with van der Waals surface area (Å²) in [5.41, 5.74) is 1.36. The Morgan fingerprint density at radius 1 is 0.914 bits per heavy atom. The number of thioether (sulfide) groups is 1. The van der Waals surface area contributed by atoms with Crippen molar-refractivity contribution in [2.75, 3.05) is 5.75 Å². The molecule has 182 valence electrons. The molecule has 6 heteroatoms. The second kappa shape index (κ2) is 12.5. The summed E-state index contributed by atoms with van der Waals surface area (Å²) >= 11 is 1.42. The smallest absolute Gasteiger partial charge is 0.243 e. The average Bonchev–Trinajstić information content (AvgIpc) is 3.40. The van der Waals surface area contributed by atoms with Crippen molar-refractivity contribution in [3.63, 3.8) is 0 Å². The van der Waals surface area contributed by atoms with Crippen LogP contribution < -0.4 is 5.32 Å². The van der Waals surface area contributed by atoms with Crippen LogP contribution in [0.5, 0.6) is 0 Å². The lowest BCUT2D eigenvalue weighted by Gasteiger charge is -2.32. The van der Waals surface area contributed by atoms with Gasteiger partial charge in [0.2, 0.25) is 11.8 Å². The molecule has 0 radical (unpaired) electrons. The molecule has 3 aromatic carbocycles. The molecule has 0 spiro atoms. The maximum Gasteiger partial charge on any atom is 0.243 e. The average molecular weight is 491 g/mol. The van der Waals surface area contributed by atoms with Crippen LogP contribution in [0.15, 0.2) is 89.8 Å². The van der Waals surface area contributed by atoms with Crippen molar-refractivity contribution in [3.8, 4) is 0 Å². The Hall–Kier alpha value is -3.12. The van der Waals surface area contributed by atoms with E-state index in [0.29, 0.717) is 12.0 Å². The maximum atomic E-state index is 14.6. The molecule has 1 N–H and O–H groups in total. The van der Waals surface area contributed by atoms with Crippen molar-refractivity contribution in [1.29, 1.82) is 0 Å². The molecule has 0 aromatic heterocycles. The van der Waals surface area contributed by atoms with E-state index in [2.05, 4.69) is 5.32 Å². The Balaban J connectivity index is 1.61. The Morgan fingerprint density at radius 2 is 1.54 bits per heavy atom. The van der Waals surface area contributed by atoms with Crippen molar-refractivity contribution >= 4 is 23.6 Å². The highest BCUT2D eigenvalue weighted by atomic mass is 32.2. The molecule has 4 nitrogen and oxygen atoms in total. The number of nitrogens with one attached hydrogen (secondary N) is 1. The van der Waals surface area contributed by atoms with Gasteiger partial charge in [0.15, 0.2) is 0 Å². The fraction of sp³-hybridized carbons (Fsp3) is 0.310. The highest BCUT2D eigenvalue weighted by Crippen LogP contribution is 2.23. The molecule has 0 heterocycles. The number of halogens is 1. The summed E-state index contributed by atoms with van der Waals surface area (Å²) in [4.78, 5) is 29.7. The van der Waals surface area contributed by atoms with E-state index >= 15 is 0 Å². The first-order valence-electron chi connectivity index (χ1n) is 12.1. The van der Waals surface area contributed by atoms with E-state index in [0.717, 1.165) is 36.1 Å². The Morgan fingerprint density at radius 3 is 2.23 bits per heavy atom. The molecule has 4 rings (SSSR count). The summed E-state index contributed by atoms with van der Waals surface area (Å²) in [6, 6.07) is 25.2. The first-order chi connectivity index (χ1) is 17.1. The van der Waals surface area contributed by atoms with Crippen LogP contribution in [0.4, 0.5) is 4.39 Å². The molecule has 35 heavy (non-hydrogen) atoms. The molecule has 1 aliphatic rings. The first-order valence-corrected chi connectivity index (χ1v) is 13.1. The minimum absolute atomic E-state index is 0.0381. The highest BCUT2D eigenvalue weighted by Gasteiger charge is 2.32. The van der Waals surface area contributed by atoms with E-state index in [-0.39, 0.29) is 36.0 Å². The van der Waals surface area contributed by atoms with Gasteiger partial charge in [0.25, 0.3) is 0 Å². The molecule has 1 fully saturated rings. The van der Waals surface area contributed by atoms with Crippen molar-refractivity contribution < 1.29 is 14.0 Å². The number of carbonyl (C=O) groups excluding carboxylic acids is 2. The second-order valence-corrected chi connectivity index (χ2v) is 9.96. The highest BCUT2D eigenvalue weighted by molar-refractivity contribution is 8.00. The van der Waals surface area contributed by atoms with Crippen LogP contribution in [0.1, 0.15) is 36.8 Å². The number of hydrogen-bond acceptors (Lipinski definition) is 3. The normalized spacial score (nSPS) is 14.4. The molecule has 1 aliphatic carbocycles. The minimum Gasteiger partial charge on any atom is -0.352 e. The van der Waals surface area contributed by atoms with Gasteiger partial charge in [0, 0.05) is 29.5 Å². The summed E-state index contributed by atoms with van der Waals surface area (Å²) < 4.78 is 14.6. The third kappa shape index (κ3) is 7.18. The van der Waals surface area contributed by atoms with Gasteiger partial charge in [-0.05, 0) is 36.6 Å². The fourth-order valence-corrected chi connectivity index (χ4v) is 5.28. The molecule has 0 saturated heterocycles. The van der Waals surface area contributed by atoms with Crippen molar-refractivity contribution in [3.05, 3.63) is 102 Å². The van der Waals surface area contributed by atoms with E-state index in [1.165, 1.54) is 17.8 Å². The van der Waals surface area contributed by atoms with Gasteiger partial charge in [-0.1, -0.05) is 79.6 Å². The van der Waals surface area contributed by atoms with Crippen LogP contribution in [0, 0.1) is 5.82 Å². The van der Waals surface area contributed by atoms with Crippen LogP contribution in [0.3, 0.4) is 0 Å². The molecule has 1 saturated carbocycles. The molecule has 0 bridgehead atoms. The second-order valence-electron chi connectivity index (χ2n) is 8.91. The zero-order chi connectivity index (χ0) is 24.5. The van der Waals surface area contributed by atoms with Crippen molar-refractivity contribution in [2.45, 2.75) is 55.6 Å². The zero-order valence-corrected chi connectivity index (χ0v) is 20.6.